The molecular formula is C15H17NO. The zero-order valence-electron chi connectivity index (χ0n) is 10.2. The number of aliphatic hydroxyl groups is 1. The zero-order valence-corrected chi connectivity index (χ0v) is 10.2. The summed E-state index contributed by atoms with van der Waals surface area (Å²) in [5, 5.41) is 9.31. The molecule has 88 valence electrons. The van der Waals surface area contributed by atoms with Crippen molar-refractivity contribution in [2.45, 2.75) is 6.61 Å². The number of anilines is 1. The molecule has 0 fully saturated rings. The van der Waals surface area contributed by atoms with Crippen molar-refractivity contribution in [3.63, 3.8) is 0 Å². The number of hydrogen-bond acceptors (Lipinski definition) is 2. The molecule has 0 aliphatic heterocycles. The van der Waals surface area contributed by atoms with Gasteiger partial charge in [0.1, 0.15) is 0 Å². The van der Waals surface area contributed by atoms with Crippen LogP contribution in [0.3, 0.4) is 0 Å². The average molecular weight is 227 g/mol. The van der Waals surface area contributed by atoms with Crippen LogP contribution in [0.15, 0.2) is 48.5 Å². The van der Waals surface area contributed by atoms with Crippen LogP contribution in [-0.2, 0) is 6.61 Å². The van der Waals surface area contributed by atoms with Gasteiger partial charge in [-0.15, -0.1) is 0 Å². The predicted molar refractivity (Wildman–Crippen MR) is 72.1 cm³/mol. The van der Waals surface area contributed by atoms with Crippen molar-refractivity contribution in [3.05, 3.63) is 54.1 Å². The third kappa shape index (κ3) is 2.48. The van der Waals surface area contributed by atoms with Crippen molar-refractivity contribution < 1.29 is 5.11 Å². The molecule has 0 atom stereocenters. The van der Waals surface area contributed by atoms with Gasteiger partial charge in [0.25, 0.3) is 0 Å². The third-order valence-electron chi connectivity index (χ3n) is 2.88. The molecule has 2 aromatic carbocycles. The smallest absolute Gasteiger partial charge is 0.0687 e. The molecule has 0 amide bonds. The lowest BCUT2D eigenvalue weighted by Gasteiger charge is -2.13. The van der Waals surface area contributed by atoms with Gasteiger partial charge in [-0.1, -0.05) is 36.4 Å². The van der Waals surface area contributed by atoms with E-state index in [9.17, 15) is 5.11 Å². The molecule has 2 aromatic rings. The molecule has 0 aliphatic rings. The highest BCUT2D eigenvalue weighted by Crippen LogP contribution is 2.25. The minimum atomic E-state index is 0.0750. The number of hydrogen-bond donors (Lipinski definition) is 1. The Kier molecular flexibility index (Phi) is 3.45. The molecule has 1 N–H and O–H groups in total. The molecule has 2 heteroatoms. The molecule has 0 unspecified atom stereocenters. The second kappa shape index (κ2) is 5.02. The summed E-state index contributed by atoms with van der Waals surface area (Å²) in [5.74, 6) is 0. The highest BCUT2D eigenvalue weighted by atomic mass is 16.3. The summed E-state index contributed by atoms with van der Waals surface area (Å²) in [5.41, 5.74) is 4.38. The van der Waals surface area contributed by atoms with Gasteiger partial charge in [0.2, 0.25) is 0 Å². The first-order chi connectivity index (χ1) is 8.22. The third-order valence-corrected chi connectivity index (χ3v) is 2.88. The minimum Gasteiger partial charge on any atom is -0.392 e. The lowest BCUT2D eigenvalue weighted by molar-refractivity contribution is 0.282. The summed E-state index contributed by atoms with van der Waals surface area (Å²) in [6.07, 6.45) is 0. The summed E-state index contributed by atoms with van der Waals surface area (Å²) >= 11 is 0. The quantitative estimate of drug-likeness (QED) is 0.871. The van der Waals surface area contributed by atoms with E-state index < -0.39 is 0 Å². The van der Waals surface area contributed by atoms with Crippen LogP contribution in [0.2, 0.25) is 0 Å². The van der Waals surface area contributed by atoms with E-state index in [0.717, 1.165) is 16.7 Å². The summed E-state index contributed by atoms with van der Waals surface area (Å²) in [7, 11) is 4.05. The summed E-state index contributed by atoms with van der Waals surface area (Å²) in [4.78, 5) is 2.07. The zero-order chi connectivity index (χ0) is 12.3. The molecule has 0 heterocycles. The van der Waals surface area contributed by atoms with Crippen LogP contribution < -0.4 is 4.90 Å². The van der Waals surface area contributed by atoms with Crippen molar-refractivity contribution in [2.75, 3.05) is 19.0 Å². The fourth-order valence-electron chi connectivity index (χ4n) is 1.88. The summed E-state index contributed by atoms with van der Waals surface area (Å²) < 4.78 is 0. The van der Waals surface area contributed by atoms with Gasteiger partial charge in [-0.3, -0.25) is 0 Å². The van der Waals surface area contributed by atoms with Gasteiger partial charge in [0.15, 0.2) is 0 Å². The Morgan fingerprint density at radius 2 is 1.59 bits per heavy atom. The molecule has 2 rings (SSSR count). The van der Waals surface area contributed by atoms with Crippen LogP contribution in [0.25, 0.3) is 11.1 Å². The van der Waals surface area contributed by atoms with Gasteiger partial charge in [-0.2, -0.15) is 0 Å². The van der Waals surface area contributed by atoms with E-state index in [2.05, 4.69) is 29.2 Å². The molecule has 0 aromatic heterocycles. The molecule has 0 radical (unpaired) electrons. The molecule has 0 saturated carbocycles. The van der Waals surface area contributed by atoms with Crippen molar-refractivity contribution in [1.82, 2.24) is 0 Å². The topological polar surface area (TPSA) is 23.5 Å². The van der Waals surface area contributed by atoms with E-state index in [1.165, 1.54) is 5.69 Å². The van der Waals surface area contributed by atoms with Crippen molar-refractivity contribution >= 4 is 5.69 Å². The van der Waals surface area contributed by atoms with Gasteiger partial charge in [0, 0.05) is 19.8 Å². The second-order valence-corrected chi connectivity index (χ2v) is 4.26. The highest BCUT2D eigenvalue weighted by molar-refractivity contribution is 5.69. The van der Waals surface area contributed by atoms with Gasteiger partial charge in [-0.25, -0.2) is 0 Å². The maximum absolute atomic E-state index is 9.31. The predicted octanol–water partition coefficient (Wildman–Crippen LogP) is 2.91. The number of nitrogens with zero attached hydrogens (tertiary/aromatic N) is 1. The number of rotatable bonds is 3. The van der Waals surface area contributed by atoms with Crippen LogP contribution in [0.4, 0.5) is 5.69 Å². The number of benzene rings is 2. The van der Waals surface area contributed by atoms with Crippen LogP contribution in [0, 0.1) is 0 Å². The second-order valence-electron chi connectivity index (χ2n) is 4.26. The Morgan fingerprint density at radius 3 is 2.18 bits per heavy atom. The molecule has 2 nitrogen and oxygen atoms in total. The Labute approximate surface area is 102 Å². The summed E-state index contributed by atoms with van der Waals surface area (Å²) in [6, 6.07) is 16.3. The van der Waals surface area contributed by atoms with Gasteiger partial charge in [-0.05, 0) is 28.8 Å². The van der Waals surface area contributed by atoms with Gasteiger partial charge in [0.05, 0.1) is 6.61 Å². The lowest BCUT2D eigenvalue weighted by Crippen LogP contribution is -2.07. The normalized spacial score (nSPS) is 10.3. The van der Waals surface area contributed by atoms with E-state index in [1.807, 2.05) is 38.4 Å². The summed E-state index contributed by atoms with van der Waals surface area (Å²) in [6.45, 7) is 0.0750. The minimum absolute atomic E-state index is 0.0750. The first-order valence-electron chi connectivity index (χ1n) is 5.69. The largest absolute Gasteiger partial charge is 0.392 e. The Hall–Kier alpha value is -1.80. The van der Waals surface area contributed by atoms with E-state index in [-0.39, 0.29) is 6.61 Å². The maximum atomic E-state index is 9.31. The standard InChI is InChI=1S/C15H17NO/c1-16(2)14-9-7-12(8-10-14)15-6-4-3-5-13(15)11-17/h3-10,17H,11H2,1-2H3. The molecule has 17 heavy (non-hydrogen) atoms. The van der Waals surface area contributed by atoms with Gasteiger partial charge < -0.3 is 10.0 Å². The van der Waals surface area contributed by atoms with Crippen LogP contribution >= 0.6 is 0 Å². The van der Waals surface area contributed by atoms with Crippen LogP contribution in [0.5, 0.6) is 0 Å². The van der Waals surface area contributed by atoms with Crippen molar-refractivity contribution in [1.29, 1.82) is 0 Å². The highest BCUT2D eigenvalue weighted by Gasteiger charge is 2.03. The van der Waals surface area contributed by atoms with Gasteiger partial charge >= 0.3 is 0 Å². The fraction of sp³-hybridized carbons (Fsp3) is 0.200. The molecule has 0 aliphatic carbocycles. The van der Waals surface area contributed by atoms with E-state index in [1.54, 1.807) is 0 Å². The van der Waals surface area contributed by atoms with Crippen molar-refractivity contribution in [2.24, 2.45) is 0 Å². The fourth-order valence-corrected chi connectivity index (χ4v) is 1.88. The SMILES string of the molecule is CN(C)c1ccc(-c2ccccc2CO)cc1. The first kappa shape index (κ1) is 11.7. The molecular weight excluding hydrogens is 210 g/mol. The first-order valence-corrected chi connectivity index (χ1v) is 5.69. The maximum Gasteiger partial charge on any atom is 0.0687 e. The van der Waals surface area contributed by atoms with E-state index in [4.69, 9.17) is 0 Å². The average Bonchev–Trinajstić information content (AvgIpc) is 2.39. The Balaban J connectivity index is 2.40. The van der Waals surface area contributed by atoms with E-state index >= 15 is 0 Å². The Bertz CT molecular complexity index is 489. The van der Waals surface area contributed by atoms with E-state index in [0.29, 0.717) is 0 Å². The lowest BCUT2D eigenvalue weighted by atomic mass is 10.00. The Morgan fingerprint density at radius 1 is 0.941 bits per heavy atom. The molecule has 0 spiro atoms. The van der Waals surface area contributed by atoms with Crippen LogP contribution in [0.1, 0.15) is 5.56 Å². The monoisotopic (exact) mass is 227 g/mol. The van der Waals surface area contributed by atoms with Crippen molar-refractivity contribution in [3.8, 4) is 11.1 Å². The number of aliphatic hydroxyl groups excluding tert-OH is 1. The molecule has 0 saturated heterocycles. The van der Waals surface area contributed by atoms with Crippen LogP contribution in [-0.4, -0.2) is 19.2 Å². The molecule has 0 bridgehead atoms.